The Morgan fingerprint density at radius 1 is 1.16 bits per heavy atom. The Hall–Kier alpha value is -1.99. The summed E-state index contributed by atoms with van der Waals surface area (Å²) in [6.45, 7) is 6.44. The predicted octanol–water partition coefficient (Wildman–Crippen LogP) is 0.884. The van der Waals surface area contributed by atoms with Crippen LogP contribution in [0.1, 0.15) is 24.8 Å². The molecule has 25 heavy (non-hydrogen) atoms. The molecule has 0 aliphatic carbocycles. The van der Waals surface area contributed by atoms with Gasteiger partial charge in [0.25, 0.3) is 0 Å². The number of benzene rings is 1. The number of amides is 2. The van der Waals surface area contributed by atoms with Crippen molar-refractivity contribution in [3.63, 3.8) is 0 Å². The number of nitrogens with one attached hydrogen (secondary N) is 2. The summed E-state index contributed by atoms with van der Waals surface area (Å²) >= 11 is 0. The fourth-order valence-corrected chi connectivity index (χ4v) is 2.68. The number of carbonyl (C=O) groups is 2. The van der Waals surface area contributed by atoms with Crippen molar-refractivity contribution in [2.45, 2.75) is 19.3 Å². The topological polar surface area (TPSA) is 70.7 Å². The Kier molecular flexibility index (Phi) is 7.81. The molecule has 1 heterocycles. The van der Waals surface area contributed by atoms with Crippen LogP contribution in [0.2, 0.25) is 0 Å². The highest BCUT2D eigenvalue weighted by Crippen LogP contribution is 2.18. The zero-order chi connectivity index (χ0) is 18.1. The third kappa shape index (κ3) is 7.19. The number of hydrogen-bond acceptors (Lipinski definition) is 4. The van der Waals surface area contributed by atoms with Crippen LogP contribution in [-0.4, -0.2) is 62.7 Å². The summed E-state index contributed by atoms with van der Waals surface area (Å²) < 4.78 is 18.2. The van der Waals surface area contributed by atoms with Crippen LogP contribution in [0.5, 0.6) is 0 Å². The van der Waals surface area contributed by atoms with Crippen LogP contribution in [0.15, 0.2) is 24.3 Å². The summed E-state index contributed by atoms with van der Waals surface area (Å²) in [7, 11) is 0. The maximum absolute atomic E-state index is 12.9. The molecule has 0 saturated carbocycles. The first-order chi connectivity index (χ1) is 12.0. The molecule has 1 saturated heterocycles. The molecule has 1 atom stereocenters. The summed E-state index contributed by atoms with van der Waals surface area (Å²) in [5, 5.41) is 5.42. The van der Waals surface area contributed by atoms with E-state index >= 15 is 0 Å². The van der Waals surface area contributed by atoms with Gasteiger partial charge in [-0.05, 0) is 23.6 Å². The van der Waals surface area contributed by atoms with Crippen molar-refractivity contribution in [3.8, 4) is 0 Å². The lowest BCUT2D eigenvalue weighted by Gasteiger charge is -2.26. The first-order valence-electron chi connectivity index (χ1n) is 8.63. The van der Waals surface area contributed by atoms with Crippen LogP contribution in [-0.2, 0) is 14.3 Å². The highest BCUT2D eigenvalue weighted by Gasteiger charge is 2.13. The summed E-state index contributed by atoms with van der Waals surface area (Å²) in [5.41, 5.74) is 0.895. The van der Waals surface area contributed by atoms with Gasteiger partial charge in [-0.3, -0.25) is 14.5 Å². The quantitative estimate of drug-likeness (QED) is 0.730. The summed E-state index contributed by atoms with van der Waals surface area (Å²) in [5.74, 6) is -0.727. The van der Waals surface area contributed by atoms with Gasteiger partial charge in [-0.2, -0.15) is 0 Å². The lowest BCUT2D eigenvalue weighted by atomic mass is 9.97. The van der Waals surface area contributed by atoms with Gasteiger partial charge in [0.2, 0.25) is 11.8 Å². The molecule has 7 heteroatoms. The van der Waals surface area contributed by atoms with E-state index in [-0.39, 0.29) is 36.5 Å². The Morgan fingerprint density at radius 2 is 1.84 bits per heavy atom. The van der Waals surface area contributed by atoms with Crippen LogP contribution < -0.4 is 10.6 Å². The average Bonchev–Trinajstić information content (AvgIpc) is 2.61. The minimum atomic E-state index is -0.297. The molecule has 2 amide bonds. The summed E-state index contributed by atoms with van der Waals surface area (Å²) in [4.78, 5) is 25.9. The molecule has 1 aromatic carbocycles. The van der Waals surface area contributed by atoms with Crippen LogP contribution >= 0.6 is 0 Å². The second kappa shape index (κ2) is 10.1. The van der Waals surface area contributed by atoms with E-state index < -0.39 is 0 Å². The van der Waals surface area contributed by atoms with Crippen molar-refractivity contribution in [1.82, 2.24) is 15.5 Å². The zero-order valence-electron chi connectivity index (χ0n) is 14.6. The van der Waals surface area contributed by atoms with Crippen LogP contribution in [0, 0.1) is 5.82 Å². The molecule has 0 radical (unpaired) electrons. The van der Waals surface area contributed by atoms with E-state index in [1.54, 1.807) is 12.1 Å². The zero-order valence-corrected chi connectivity index (χ0v) is 14.6. The molecule has 1 unspecified atom stereocenters. The minimum absolute atomic E-state index is 0.0297. The molecular formula is C18H26FN3O3. The number of ether oxygens (including phenoxy) is 1. The fraction of sp³-hybridized carbons (Fsp3) is 0.556. The summed E-state index contributed by atoms with van der Waals surface area (Å²) in [6, 6.07) is 6.11. The largest absolute Gasteiger partial charge is 0.379 e. The van der Waals surface area contributed by atoms with Crippen LogP contribution in [0.3, 0.4) is 0 Å². The molecule has 1 aliphatic heterocycles. The van der Waals surface area contributed by atoms with Gasteiger partial charge in [-0.25, -0.2) is 4.39 Å². The Balaban J connectivity index is 1.60. The van der Waals surface area contributed by atoms with Crippen molar-refractivity contribution in [2.75, 3.05) is 45.9 Å². The van der Waals surface area contributed by atoms with Gasteiger partial charge >= 0.3 is 0 Å². The van der Waals surface area contributed by atoms with Gasteiger partial charge < -0.3 is 15.4 Å². The molecule has 6 nitrogen and oxygen atoms in total. The van der Waals surface area contributed by atoms with E-state index in [2.05, 4.69) is 15.5 Å². The van der Waals surface area contributed by atoms with Crippen molar-refractivity contribution in [2.24, 2.45) is 0 Å². The van der Waals surface area contributed by atoms with E-state index in [9.17, 15) is 14.0 Å². The number of halogens is 1. The number of nitrogens with zero attached hydrogens (tertiary/aromatic N) is 1. The van der Waals surface area contributed by atoms with Crippen molar-refractivity contribution < 1.29 is 18.7 Å². The van der Waals surface area contributed by atoms with Gasteiger partial charge in [0.15, 0.2) is 0 Å². The van der Waals surface area contributed by atoms with Gasteiger partial charge in [-0.1, -0.05) is 19.1 Å². The number of hydrogen-bond donors (Lipinski definition) is 2. The second-order valence-electron chi connectivity index (χ2n) is 6.24. The molecule has 1 aliphatic rings. The highest BCUT2D eigenvalue weighted by molar-refractivity contribution is 5.84. The second-order valence-corrected chi connectivity index (χ2v) is 6.24. The normalized spacial score (nSPS) is 16.2. The Morgan fingerprint density at radius 3 is 2.52 bits per heavy atom. The molecule has 1 aromatic rings. The summed E-state index contributed by atoms with van der Waals surface area (Å²) in [6.07, 6.45) is 0.257. The molecule has 138 valence electrons. The maximum atomic E-state index is 12.9. The Labute approximate surface area is 147 Å². The molecule has 0 spiro atoms. The van der Waals surface area contributed by atoms with E-state index in [1.165, 1.54) is 12.1 Å². The predicted molar refractivity (Wildman–Crippen MR) is 92.7 cm³/mol. The molecule has 2 rings (SSSR count). The molecule has 1 fully saturated rings. The van der Waals surface area contributed by atoms with Gasteiger partial charge in [-0.15, -0.1) is 0 Å². The van der Waals surface area contributed by atoms with E-state index in [4.69, 9.17) is 4.74 Å². The van der Waals surface area contributed by atoms with Crippen molar-refractivity contribution in [1.29, 1.82) is 0 Å². The van der Waals surface area contributed by atoms with E-state index in [0.717, 1.165) is 38.4 Å². The number of rotatable bonds is 8. The number of morpholine rings is 1. The third-order valence-corrected chi connectivity index (χ3v) is 4.23. The third-order valence-electron chi connectivity index (χ3n) is 4.23. The number of carbonyl (C=O) groups excluding carboxylic acids is 2. The van der Waals surface area contributed by atoms with Crippen molar-refractivity contribution in [3.05, 3.63) is 35.6 Å². The van der Waals surface area contributed by atoms with Crippen molar-refractivity contribution >= 4 is 11.8 Å². The molecule has 0 bridgehead atoms. The fourth-order valence-electron chi connectivity index (χ4n) is 2.68. The first kappa shape index (κ1) is 19.3. The van der Waals surface area contributed by atoms with Gasteiger partial charge in [0, 0.05) is 32.6 Å². The molecular weight excluding hydrogens is 325 g/mol. The smallest absolute Gasteiger partial charge is 0.239 e. The SMILES string of the molecule is CC(CC(=O)NCC(=O)NCCN1CCOCC1)c1ccc(F)cc1. The lowest BCUT2D eigenvalue weighted by molar-refractivity contribution is -0.126. The van der Waals surface area contributed by atoms with E-state index in [1.807, 2.05) is 6.92 Å². The van der Waals surface area contributed by atoms with E-state index in [0.29, 0.717) is 6.54 Å². The van der Waals surface area contributed by atoms with Crippen LogP contribution in [0.25, 0.3) is 0 Å². The maximum Gasteiger partial charge on any atom is 0.239 e. The monoisotopic (exact) mass is 351 g/mol. The average molecular weight is 351 g/mol. The van der Waals surface area contributed by atoms with Gasteiger partial charge in [0.1, 0.15) is 5.82 Å². The molecule has 0 aromatic heterocycles. The minimum Gasteiger partial charge on any atom is -0.379 e. The molecule has 2 N–H and O–H groups in total. The lowest BCUT2D eigenvalue weighted by Crippen LogP contribution is -2.43. The highest BCUT2D eigenvalue weighted by atomic mass is 19.1. The van der Waals surface area contributed by atoms with Crippen LogP contribution in [0.4, 0.5) is 4.39 Å². The Bertz CT molecular complexity index is 559. The first-order valence-corrected chi connectivity index (χ1v) is 8.63. The van der Waals surface area contributed by atoms with Gasteiger partial charge in [0.05, 0.1) is 19.8 Å². The standard InChI is InChI=1S/C18H26FN3O3/c1-14(15-2-4-16(19)5-3-15)12-17(23)21-13-18(24)20-6-7-22-8-10-25-11-9-22/h2-5,14H,6-13H2,1H3,(H,20,24)(H,21,23).